The molecule has 1 N–H and O–H groups in total. The summed E-state index contributed by atoms with van der Waals surface area (Å²) in [5.41, 5.74) is 3.48. The first-order valence-electron chi connectivity index (χ1n) is 6.35. The van der Waals surface area contributed by atoms with E-state index in [9.17, 15) is 9.59 Å². The number of ether oxygens (including phenoxy) is 1. The molecule has 104 valence electrons. The summed E-state index contributed by atoms with van der Waals surface area (Å²) in [6.45, 7) is 6.02. The Morgan fingerprint density at radius 3 is 2.47 bits per heavy atom. The summed E-state index contributed by atoms with van der Waals surface area (Å²) in [6, 6.07) is 3.95. The normalized spacial score (nSPS) is 10.1. The summed E-state index contributed by atoms with van der Waals surface area (Å²) in [4.78, 5) is 22.1. The number of Topliss-reactive ketones (excluding diaryl/α,β-unsaturated/α-hetero) is 1. The molecule has 0 radical (unpaired) electrons. The summed E-state index contributed by atoms with van der Waals surface area (Å²) >= 11 is 0. The lowest BCUT2D eigenvalue weighted by atomic mass is 10.00. The molecule has 0 heterocycles. The molecule has 0 saturated carbocycles. The van der Waals surface area contributed by atoms with Crippen LogP contribution >= 0.6 is 0 Å². The third kappa shape index (κ3) is 4.39. The molecular weight excluding hydrogens is 242 g/mol. The Morgan fingerprint density at radius 2 is 1.89 bits per heavy atom. The van der Waals surface area contributed by atoms with E-state index in [1.54, 1.807) is 7.11 Å². The molecule has 0 aliphatic carbocycles. The predicted octanol–water partition coefficient (Wildman–Crippen LogP) is 1.95. The third-order valence-corrected chi connectivity index (χ3v) is 3.20. The van der Waals surface area contributed by atoms with Crippen LogP contribution in [0, 0.1) is 13.8 Å². The molecule has 1 rings (SSSR count). The Morgan fingerprint density at radius 1 is 1.21 bits per heavy atom. The van der Waals surface area contributed by atoms with Gasteiger partial charge in [0.2, 0.25) is 5.91 Å². The number of benzene rings is 1. The maximum atomic E-state index is 11.3. The third-order valence-electron chi connectivity index (χ3n) is 3.20. The molecule has 0 saturated heterocycles. The fraction of sp³-hybridized carbons (Fsp3) is 0.467. The van der Waals surface area contributed by atoms with E-state index in [2.05, 4.69) is 5.32 Å². The lowest BCUT2D eigenvalue weighted by molar-refractivity contribution is -0.127. The van der Waals surface area contributed by atoms with E-state index >= 15 is 0 Å². The SMILES string of the molecule is COc1ccc(CCNC(=O)CC(C)=O)c(C)c1C. The standard InChI is InChI=1S/C15H21NO3/c1-10(17)9-15(18)16-8-7-13-5-6-14(19-4)12(3)11(13)2/h5-6H,7-9H2,1-4H3,(H,16,18). The number of nitrogens with one attached hydrogen (secondary N) is 1. The highest BCUT2D eigenvalue weighted by atomic mass is 16.5. The minimum Gasteiger partial charge on any atom is -0.496 e. The molecule has 4 nitrogen and oxygen atoms in total. The lowest BCUT2D eigenvalue weighted by Gasteiger charge is -2.12. The maximum Gasteiger partial charge on any atom is 0.227 e. The Labute approximate surface area is 114 Å². The van der Waals surface area contributed by atoms with Crippen molar-refractivity contribution in [1.82, 2.24) is 5.32 Å². The van der Waals surface area contributed by atoms with Crippen molar-refractivity contribution in [2.45, 2.75) is 33.6 Å². The average Bonchev–Trinajstić information content (AvgIpc) is 2.34. The Kier molecular flexibility index (Phi) is 5.55. The Hall–Kier alpha value is -1.84. The number of methoxy groups -OCH3 is 1. The second-order valence-electron chi connectivity index (χ2n) is 4.66. The van der Waals surface area contributed by atoms with E-state index in [1.807, 2.05) is 26.0 Å². The molecule has 0 unspecified atom stereocenters. The maximum absolute atomic E-state index is 11.3. The van der Waals surface area contributed by atoms with Gasteiger partial charge in [0.1, 0.15) is 11.5 Å². The Bertz CT molecular complexity index is 481. The summed E-state index contributed by atoms with van der Waals surface area (Å²) in [5.74, 6) is 0.547. The van der Waals surface area contributed by atoms with Crippen LogP contribution in [0.1, 0.15) is 30.0 Å². The van der Waals surface area contributed by atoms with E-state index in [0.717, 1.165) is 17.7 Å². The van der Waals surface area contributed by atoms with Gasteiger partial charge in [-0.05, 0) is 49.9 Å². The first-order valence-corrected chi connectivity index (χ1v) is 6.35. The van der Waals surface area contributed by atoms with Crippen molar-refractivity contribution in [3.05, 3.63) is 28.8 Å². The van der Waals surface area contributed by atoms with Gasteiger partial charge >= 0.3 is 0 Å². The van der Waals surface area contributed by atoms with Gasteiger partial charge < -0.3 is 10.1 Å². The van der Waals surface area contributed by atoms with Crippen LogP contribution in [-0.4, -0.2) is 25.3 Å². The van der Waals surface area contributed by atoms with Gasteiger partial charge in [0.05, 0.1) is 13.5 Å². The number of carbonyl (C=O) groups excluding carboxylic acids is 2. The monoisotopic (exact) mass is 263 g/mol. The molecular formula is C15H21NO3. The Balaban J connectivity index is 2.57. The highest BCUT2D eigenvalue weighted by Crippen LogP contribution is 2.23. The molecule has 1 amide bonds. The fourth-order valence-corrected chi connectivity index (χ4v) is 1.97. The number of carbonyl (C=O) groups is 2. The number of rotatable bonds is 6. The van der Waals surface area contributed by atoms with Crippen molar-refractivity contribution in [2.75, 3.05) is 13.7 Å². The predicted molar refractivity (Wildman–Crippen MR) is 74.5 cm³/mol. The number of hydrogen-bond acceptors (Lipinski definition) is 3. The summed E-state index contributed by atoms with van der Waals surface area (Å²) < 4.78 is 5.26. The lowest BCUT2D eigenvalue weighted by Crippen LogP contribution is -2.27. The van der Waals surface area contributed by atoms with E-state index in [-0.39, 0.29) is 18.1 Å². The zero-order valence-electron chi connectivity index (χ0n) is 12.0. The van der Waals surface area contributed by atoms with E-state index in [1.165, 1.54) is 18.1 Å². The summed E-state index contributed by atoms with van der Waals surface area (Å²) in [5, 5.41) is 2.75. The van der Waals surface area contributed by atoms with Crippen LogP contribution in [0.15, 0.2) is 12.1 Å². The highest BCUT2D eigenvalue weighted by molar-refractivity contribution is 5.96. The smallest absolute Gasteiger partial charge is 0.227 e. The topological polar surface area (TPSA) is 55.4 Å². The van der Waals surface area contributed by atoms with Crippen molar-refractivity contribution in [3.63, 3.8) is 0 Å². The average molecular weight is 263 g/mol. The van der Waals surface area contributed by atoms with Gasteiger partial charge in [0, 0.05) is 6.54 Å². The van der Waals surface area contributed by atoms with Crippen LogP contribution < -0.4 is 10.1 Å². The van der Waals surface area contributed by atoms with E-state index < -0.39 is 0 Å². The van der Waals surface area contributed by atoms with Crippen molar-refractivity contribution in [2.24, 2.45) is 0 Å². The van der Waals surface area contributed by atoms with Gasteiger partial charge in [0.25, 0.3) is 0 Å². The molecule has 19 heavy (non-hydrogen) atoms. The number of hydrogen-bond donors (Lipinski definition) is 1. The molecule has 0 bridgehead atoms. The van der Waals surface area contributed by atoms with Gasteiger partial charge in [-0.1, -0.05) is 6.07 Å². The van der Waals surface area contributed by atoms with Crippen LogP contribution in [-0.2, 0) is 16.0 Å². The molecule has 0 fully saturated rings. The molecule has 0 spiro atoms. The molecule has 0 atom stereocenters. The fourth-order valence-electron chi connectivity index (χ4n) is 1.97. The van der Waals surface area contributed by atoms with Gasteiger partial charge in [0.15, 0.2) is 0 Å². The molecule has 0 aliphatic rings. The highest BCUT2D eigenvalue weighted by Gasteiger charge is 2.08. The van der Waals surface area contributed by atoms with Gasteiger partial charge in [-0.3, -0.25) is 9.59 Å². The van der Waals surface area contributed by atoms with Gasteiger partial charge in [-0.2, -0.15) is 0 Å². The molecule has 1 aromatic carbocycles. The van der Waals surface area contributed by atoms with Crippen LogP contribution in [0.4, 0.5) is 0 Å². The number of ketones is 1. The van der Waals surface area contributed by atoms with E-state index in [4.69, 9.17) is 4.74 Å². The zero-order chi connectivity index (χ0) is 14.4. The zero-order valence-corrected chi connectivity index (χ0v) is 12.0. The first-order chi connectivity index (χ1) is 8.95. The second kappa shape index (κ2) is 6.92. The van der Waals surface area contributed by atoms with Crippen molar-refractivity contribution >= 4 is 11.7 Å². The largest absolute Gasteiger partial charge is 0.496 e. The summed E-state index contributed by atoms with van der Waals surface area (Å²) in [6.07, 6.45) is 0.709. The van der Waals surface area contributed by atoms with Crippen LogP contribution in [0.3, 0.4) is 0 Å². The summed E-state index contributed by atoms with van der Waals surface area (Å²) in [7, 11) is 1.66. The van der Waals surface area contributed by atoms with Crippen molar-refractivity contribution in [3.8, 4) is 5.75 Å². The van der Waals surface area contributed by atoms with Crippen LogP contribution in [0.5, 0.6) is 5.75 Å². The van der Waals surface area contributed by atoms with Crippen LogP contribution in [0.25, 0.3) is 0 Å². The minimum atomic E-state index is -0.213. The van der Waals surface area contributed by atoms with E-state index in [0.29, 0.717) is 6.54 Å². The minimum absolute atomic E-state index is 0.0410. The first kappa shape index (κ1) is 15.2. The molecule has 4 heteroatoms. The second-order valence-corrected chi connectivity index (χ2v) is 4.66. The quantitative estimate of drug-likeness (QED) is 0.798. The number of amides is 1. The molecule has 0 aliphatic heterocycles. The molecule has 1 aromatic rings. The molecule has 0 aromatic heterocycles. The van der Waals surface area contributed by atoms with Crippen molar-refractivity contribution in [1.29, 1.82) is 0 Å². The van der Waals surface area contributed by atoms with Crippen LogP contribution in [0.2, 0.25) is 0 Å². The van der Waals surface area contributed by atoms with Gasteiger partial charge in [-0.25, -0.2) is 0 Å². The van der Waals surface area contributed by atoms with Crippen molar-refractivity contribution < 1.29 is 14.3 Å². The van der Waals surface area contributed by atoms with Gasteiger partial charge in [-0.15, -0.1) is 0 Å².